The molecule has 3 aromatic rings. The third kappa shape index (κ3) is 2.95. The van der Waals surface area contributed by atoms with Crippen LogP contribution in [0.3, 0.4) is 0 Å². The third-order valence-corrected chi connectivity index (χ3v) is 5.24. The quantitative estimate of drug-likeness (QED) is 0.702. The maximum absolute atomic E-state index is 14.6. The predicted octanol–water partition coefficient (Wildman–Crippen LogP) is 2.73. The standard InChI is InChI=1S/C19H20F2N6O/c1-28-15-7-16-23-9-14(27(16)26-17(15)10-2-3-10)18-12(20)6-13(21)19(25-18)24-11-4-5-22-8-11/h6-7,9-11,22H,2-5,8H2,1H3,(H,24,25)/t11-/m1/s1. The summed E-state index contributed by atoms with van der Waals surface area (Å²) in [6.07, 6.45) is 4.45. The molecule has 5 rings (SSSR count). The first-order valence-corrected chi connectivity index (χ1v) is 9.40. The van der Waals surface area contributed by atoms with Crippen molar-refractivity contribution in [3.05, 3.63) is 35.7 Å². The van der Waals surface area contributed by atoms with Gasteiger partial charge in [-0.05, 0) is 25.8 Å². The summed E-state index contributed by atoms with van der Waals surface area (Å²) in [7, 11) is 1.60. The van der Waals surface area contributed by atoms with Gasteiger partial charge in [0.15, 0.2) is 23.1 Å². The number of hydrogen-bond acceptors (Lipinski definition) is 6. The van der Waals surface area contributed by atoms with Crippen LogP contribution in [0.4, 0.5) is 14.6 Å². The summed E-state index contributed by atoms with van der Waals surface area (Å²) in [5.41, 5.74) is 1.75. The minimum absolute atomic E-state index is 0.0155. The Hall–Kier alpha value is -2.81. The number of aromatic nitrogens is 4. The average Bonchev–Trinajstić information content (AvgIpc) is 3.25. The summed E-state index contributed by atoms with van der Waals surface area (Å²) in [6, 6.07) is 2.71. The summed E-state index contributed by atoms with van der Waals surface area (Å²) in [5.74, 6) is -0.408. The molecule has 0 spiro atoms. The van der Waals surface area contributed by atoms with Crippen LogP contribution in [0.25, 0.3) is 17.0 Å². The molecule has 2 fully saturated rings. The van der Waals surface area contributed by atoms with Crippen LogP contribution >= 0.6 is 0 Å². The number of ether oxygens (including phenoxy) is 1. The van der Waals surface area contributed by atoms with Crippen LogP contribution in [-0.2, 0) is 0 Å². The highest BCUT2D eigenvalue weighted by atomic mass is 19.1. The van der Waals surface area contributed by atoms with Crippen LogP contribution in [0.5, 0.6) is 5.75 Å². The van der Waals surface area contributed by atoms with E-state index in [4.69, 9.17) is 4.74 Å². The highest BCUT2D eigenvalue weighted by molar-refractivity contribution is 5.63. The van der Waals surface area contributed by atoms with Crippen molar-refractivity contribution in [3.63, 3.8) is 0 Å². The van der Waals surface area contributed by atoms with E-state index in [0.29, 0.717) is 23.0 Å². The number of fused-ring (bicyclic) bond motifs is 1. The lowest BCUT2D eigenvalue weighted by molar-refractivity contribution is 0.405. The van der Waals surface area contributed by atoms with Gasteiger partial charge >= 0.3 is 0 Å². The normalized spacial score (nSPS) is 19.3. The minimum atomic E-state index is -0.750. The first kappa shape index (κ1) is 17.3. The number of nitrogens with zero attached hydrogens (tertiary/aromatic N) is 4. The average molecular weight is 386 g/mol. The molecule has 0 unspecified atom stereocenters. The Kier molecular flexibility index (Phi) is 4.12. The van der Waals surface area contributed by atoms with E-state index in [1.54, 1.807) is 17.7 Å². The lowest BCUT2D eigenvalue weighted by atomic mass is 10.2. The van der Waals surface area contributed by atoms with Gasteiger partial charge in [0.25, 0.3) is 0 Å². The topological polar surface area (TPSA) is 76.4 Å². The molecule has 2 aliphatic rings. The van der Waals surface area contributed by atoms with Gasteiger partial charge in [-0.2, -0.15) is 5.10 Å². The van der Waals surface area contributed by atoms with E-state index in [0.717, 1.165) is 44.1 Å². The first-order chi connectivity index (χ1) is 13.6. The zero-order valence-electron chi connectivity index (χ0n) is 15.4. The van der Waals surface area contributed by atoms with E-state index in [1.165, 1.54) is 6.20 Å². The summed E-state index contributed by atoms with van der Waals surface area (Å²) >= 11 is 0. The van der Waals surface area contributed by atoms with E-state index in [9.17, 15) is 8.78 Å². The molecule has 2 N–H and O–H groups in total. The fourth-order valence-corrected chi connectivity index (χ4v) is 3.59. The number of pyridine rings is 1. The van der Waals surface area contributed by atoms with Gasteiger partial charge in [0.05, 0.1) is 13.3 Å². The van der Waals surface area contributed by atoms with E-state index >= 15 is 0 Å². The molecular weight excluding hydrogens is 366 g/mol. The minimum Gasteiger partial charge on any atom is -0.495 e. The monoisotopic (exact) mass is 386 g/mol. The van der Waals surface area contributed by atoms with Gasteiger partial charge in [0.1, 0.15) is 22.8 Å². The third-order valence-electron chi connectivity index (χ3n) is 5.24. The SMILES string of the molecule is COc1cc2ncc(-c3nc(N[C@@H]4CCNC4)c(F)cc3F)n2nc1C1CC1. The summed E-state index contributed by atoms with van der Waals surface area (Å²) in [4.78, 5) is 8.55. The molecular formula is C19H20F2N6O. The molecule has 28 heavy (non-hydrogen) atoms. The Balaban J connectivity index is 1.60. The molecule has 1 aliphatic carbocycles. The van der Waals surface area contributed by atoms with Crippen LogP contribution in [-0.4, -0.2) is 45.8 Å². The molecule has 1 saturated heterocycles. The second-order valence-corrected chi connectivity index (χ2v) is 7.27. The van der Waals surface area contributed by atoms with Crippen molar-refractivity contribution in [1.29, 1.82) is 0 Å². The number of methoxy groups -OCH3 is 1. The molecule has 0 aromatic carbocycles. The summed E-state index contributed by atoms with van der Waals surface area (Å²) in [5, 5.41) is 10.9. The van der Waals surface area contributed by atoms with Crippen molar-refractivity contribution in [1.82, 2.24) is 24.9 Å². The molecule has 0 radical (unpaired) electrons. The molecule has 1 saturated carbocycles. The van der Waals surface area contributed by atoms with Gasteiger partial charge < -0.3 is 15.4 Å². The number of anilines is 1. The van der Waals surface area contributed by atoms with Crippen LogP contribution < -0.4 is 15.4 Å². The van der Waals surface area contributed by atoms with E-state index in [-0.39, 0.29) is 17.6 Å². The molecule has 146 valence electrons. The summed E-state index contributed by atoms with van der Waals surface area (Å²) < 4.78 is 35.9. The van der Waals surface area contributed by atoms with Crippen LogP contribution in [0, 0.1) is 11.6 Å². The Morgan fingerprint density at radius 3 is 2.79 bits per heavy atom. The van der Waals surface area contributed by atoms with Gasteiger partial charge in [-0.1, -0.05) is 0 Å². The van der Waals surface area contributed by atoms with Gasteiger partial charge in [-0.15, -0.1) is 0 Å². The Morgan fingerprint density at radius 1 is 1.21 bits per heavy atom. The fraction of sp³-hybridized carbons (Fsp3) is 0.421. The molecule has 3 aromatic heterocycles. The lowest BCUT2D eigenvalue weighted by Gasteiger charge is -2.14. The lowest BCUT2D eigenvalue weighted by Crippen LogP contribution is -2.23. The second kappa shape index (κ2) is 6.66. The first-order valence-electron chi connectivity index (χ1n) is 9.40. The van der Waals surface area contributed by atoms with Crippen molar-refractivity contribution in [2.75, 3.05) is 25.5 Å². The number of halogens is 2. The van der Waals surface area contributed by atoms with Gasteiger partial charge in [0.2, 0.25) is 0 Å². The molecule has 1 atom stereocenters. The van der Waals surface area contributed by atoms with Crippen LogP contribution in [0.2, 0.25) is 0 Å². The van der Waals surface area contributed by atoms with E-state index < -0.39 is 11.6 Å². The smallest absolute Gasteiger partial charge is 0.168 e. The molecule has 4 heterocycles. The molecule has 0 bridgehead atoms. The largest absolute Gasteiger partial charge is 0.495 e. The molecule has 1 aliphatic heterocycles. The highest BCUT2D eigenvalue weighted by Crippen LogP contribution is 2.43. The maximum atomic E-state index is 14.6. The second-order valence-electron chi connectivity index (χ2n) is 7.27. The predicted molar refractivity (Wildman–Crippen MR) is 99.6 cm³/mol. The van der Waals surface area contributed by atoms with Gasteiger partial charge in [0, 0.05) is 30.6 Å². The highest BCUT2D eigenvalue weighted by Gasteiger charge is 2.30. The van der Waals surface area contributed by atoms with E-state index in [1.807, 2.05) is 0 Å². The van der Waals surface area contributed by atoms with Crippen molar-refractivity contribution in [3.8, 4) is 17.1 Å². The number of nitrogens with one attached hydrogen (secondary N) is 2. The zero-order chi connectivity index (χ0) is 19.3. The summed E-state index contributed by atoms with van der Waals surface area (Å²) in [6.45, 7) is 1.58. The molecule has 9 heteroatoms. The zero-order valence-corrected chi connectivity index (χ0v) is 15.4. The van der Waals surface area contributed by atoms with Crippen molar-refractivity contribution < 1.29 is 13.5 Å². The molecule has 0 amide bonds. The number of rotatable bonds is 5. The Labute approximate surface area is 160 Å². The Morgan fingerprint density at radius 2 is 2.07 bits per heavy atom. The molecule has 7 nitrogen and oxygen atoms in total. The van der Waals surface area contributed by atoms with Crippen LogP contribution in [0.1, 0.15) is 30.9 Å². The Bertz CT molecular complexity index is 1040. The van der Waals surface area contributed by atoms with Crippen molar-refractivity contribution in [2.24, 2.45) is 0 Å². The fourth-order valence-electron chi connectivity index (χ4n) is 3.59. The number of hydrogen-bond donors (Lipinski definition) is 2. The van der Waals surface area contributed by atoms with Gasteiger partial charge in [-0.25, -0.2) is 23.3 Å². The van der Waals surface area contributed by atoms with Gasteiger partial charge in [-0.3, -0.25) is 0 Å². The van der Waals surface area contributed by atoms with Crippen molar-refractivity contribution in [2.45, 2.75) is 31.2 Å². The number of imidazole rings is 1. The van der Waals surface area contributed by atoms with E-state index in [2.05, 4.69) is 25.7 Å². The van der Waals surface area contributed by atoms with Crippen LogP contribution in [0.15, 0.2) is 18.3 Å². The van der Waals surface area contributed by atoms with Crippen molar-refractivity contribution >= 4 is 11.5 Å². The maximum Gasteiger partial charge on any atom is 0.168 e.